The van der Waals surface area contributed by atoms with Gasteiger partial charge in [0, 0.05) is 12.5 Å². The molecule has 5 atom stereocenters. The van der Waals surface area contributed by atoms with Crippen LogP contribution in [-0.2, 0) is 14.4 Å². The largest absolute Gasteiger partial charge is 0.368 e. The van der Waals surface area contributed by atoms with Gasteiger partial charge >= 0.3 is 0 Å². The van der Waals surface area contributed by atoms with Crippen LogP contribution >= 0.6 is 0 Å². The molecular formula is C16H26N4O3. The van der Waals surface area contributed by atoms with E-state index in [2.05, 4.69) is 16.0 Å². The van der Waals surface area contributed by atoms with Crippen LogP contribution in [0.5, 0.6) is 0 Å². The van der Waals surface area contributed by atoms with Crippen molar-refractivity contribution in [3.05, 3.63) is 0 Å². The van der Waals surface area contributed by atoms with Crippen molar-refractivity contribution >= 4 is 17.7 Å². The molecule has 0 unspecified atom stereocenters. The van der Waals surface area contributed by atoms with Gasteiger partial charge in [-0.1, -0.05) is 6.42 Å². The number of nitrogens with one attached hydrogen (secondary N) is 3. The SMILES string of the molecule is NC(=O)[C@H](C[C@@H]1CCCNC1=O)NC(=O)[C@H]1NC[C@@H]2CCC[C@@H]21. The molecule has 0 radical (unpaired) electrons. The molecule has 1 aliphatic carbocycles. The van der Waals surface area contributed by atoms with E-state index in [0.29, 0.717) is 18.4 Å². The molecular weight excluding hydrogens is 296 g/mol. The van der Waals surface area contributed by atoms with Gasteiger partial charge in [0.15, 0.2) is 0 Å². The smallest absolute Gasteiger partial charge is 0.240 e. The summed E-state index contributed by atoms with van der Waals surface area (Å²) in [6.07, 6.45) is 5.31. The molecule has 2 heterocycles. The highest BCUT2D eigenvalue weighted by Gasteiger charge is 2.43. The first-order valence-electron chi connectivity index (χ1n) is 8.67. The molecule has 0 aromatic carbocycles. The van der Waals surface area contributed by atoms with Crippen LogP contribution in [0.1, 0.15) is 38.5 Å². The molecule has 0 aromatic rings. The van der Waals surface area contributed by atoms with E-state index < -0.39 is 11.9 Å². The molecule has 1 saturated carbocycles. The van der Waals surface area contributed by atoms with Crippen LogP contribution in [0.2, 0.25) is 0 Å². The van der Waals surface area contributed by atoms with Crippen molar-refractivity contribution in [2.24, 2.45) is 23.5 Å². The summed E-state index contributed by atoms with van der Waals surface area (Å²) in [7, 11) is 0. The Kier molecular flexibility index (Phi) is 4.84. The Morgan fingerprint density at radius 3 is 2.83 bits per heavy atom. The second kappa shape index (κ2) is 6.86. The van der Waals surface area contributed by atoms with E-state index in [1.54, 1.807) is 0 Å². The van der Waals surface area contributed by atoms with Gasteiger partial charge in [-0.3, -0.25) is 14.4 Å². The number of fused-ring (bicyclic) bond motifs is 1. The third-order valence-corrected chi connectivity index (χ3v) is 5.61. The van der Waals surface area contributed by atoms with E-state index >= 15 is 0 Å². The van der Waals surface area contributed by atoms with Crippen molar-refractivity contribution in [1.29, 1.82) is 0 Å². The first-order valence-corrected chi connectivity index (χ1v) is 8.67. The summed E-state index contributed by atoms with van der Waals surface area (Å²) >= 11 is 0. The van der Waals surface area contributed by atoms with Crippen LogP contribution in [0.3, 0.4) is 0 Å². The van der Waals surface area contributed by atoms with Crippen LogP contribution in [-0.4, -0.2) is 42.9 Å². The Morgan fingerprint density at radius 2 is 2.09 bits per heavy atom. The van der Waals surface area contributed by atoms with Crippen LogP contribution in [0, 0.1) is 17.8 Å². The van der Waals surface area contributed by atoms with Gasteiger partial charge in [0.25, 0.3) is 0 Å². The lowest BCUT2D eigenvalue weighted by Gasteiger charge is -2.27. The summed E-state index contributed by atoms with van der Waals surface area (Å²) in [5, 5.41) is 8.85. The number of rotatable bonds is 5. The van der Waals surface area contributed by atoms with Crippen LogP contribution in [0.15, 0.2) is 0 Å². The fourth-order valence-corrected chi connectivity index (χ4v) is 4.33. The third-order valence-electron chi connectivity index (χ3n) is 5.61. The van der Waals surface area contributed by atoms with Crippen molar-refractivity contribution in [1.82, 2.24) is 16.0 Å². The highest BCUT2D eigenvalue weighted by atomic mass is 16.2. The molecule has 2 saturated heterocycles. The zero-order valence-corrected chi connectivity index (χ0v) is 13.3. The maximum atomic E-state index is 12.5. The predicted octanol–water partition coefficient (Wildman–Crippen LogP) is -0.739. The molecule has 128 valence electrons. The molecule has 0 bridgehead atoms. The second-order valence-electron chi connectivity index (χ2n) is 7.07. The number of piperidine rings is 1. The lowest BCUT2D eigenvalue weighted by molar-refractivity contribution is -0.131. The molecule has 2 aliphatic heterocycles. The Labute approximate surface area is 136 Å². The Bertz CT molecular complexity index is 496. The lowest BCUT2D eigenvalue weighted by atomic mass is 9.90. The zero-order chi connectivity index (χ0) is 16.4. The molecule has 3 rings (SSSR count). The van der Waals surface area contributed by atoms with Crippen molar-refractivity contribution < 1.29 is 14.4 Å². The number of hydrogen-bond acceptors (Lipinski definition) is 4. The Hall–Kier alpha value is -1.63. The number of amides is 3. The minimum absolute atomic E-state index is 0.0494. The van der Waals surface area contributed by atoms with Crippen molar-refractivity contribution in [2.75, 3.05) is 13.1 Å². The molecule has 3 amide bonds. The fraction of sp³-hybridized carbons (Fsp3) is 0.812. The monoisotopic (exact) mass is 322 g/mol. The van der Waals surface area contributed by atoms with Gasteiger partial charge < -0.3 is 21.7 Å². The van der Waals surface area contributed by atoms with E-state index in [-0.39, 0.29) is 30.2 Å². The average molecular weight is 322 g/mol. The summed E-state index contributed by atoms with van der Waals surface area (Å²) in [6, 6.07) is -1.01. The predicted molar refractivity (Wildman–Crippen MR) is 84.1 cm³/mol. The average Bonchev–Trinajstić information content (AvgIpc) is 3.11. The highest BCUT2D eigenvalue weighted by molar-refractivity contribution is 5.90. The number of primary amides is 1. The first kappa shape index (κ1) is 16.2. The molecule has 3 fully saturated rings. The molecule has 3 aliphatic rings. The molecule has 23 heavy (non-hydrogen) atoms. The minimum atomic E-state index is -0.779. The summed E-state index contributed by atoms with van der Waals surface area (Å²) in [5.74, 6) is -0.0931. The Balaban J connectivity index is 1.59. The van der Waals surface area contributed by atoms with Crippen LogP contribution in [0.25, 0.3) is 0 Å². The minimum Gasteiger partial charge on any atom is -0.368 e. The summed E-state index contributed by atoms with van der Waals surface area (Å²) in [4.78, 5) is 36.1. The van der Waals surface area contributed by atoms with Gasteiger partial charge in [-0.2, -0.15) is 0 Å². The van der Waals surface area contributed by atoms with Crippen molar-refractivity contribution in [2.45, 2.75) is 50.6 Å². The van der Waals surface area contributed by atoms with Gasteiger partial charge in [0.05, 0.1) is 6.04 Å². The number of hydrogen-bond donors (Lipinski definition) is 4. The van der Waals surface area contributed by atoms with Crippen molar-refractivity contribution in [3.8, 4) is 0 Å². The normalized spacial score (nSPS) is 34.5. The van der Waals surface area contributed by atoms with Gasteiger partial charge in [-0.25, -0.2) is 0 Å². The van der Waals surface area contributed by atoms with Gasteiger partial charge in [-0.15, -0.1) is 0 Å². The molecule has 5 N–H and O–H groups in total. The lowest BCUT2D eigenvalue weighted by Crippen LogP contribution is -2.53. The van der Waals surface area contributed by atoms with E-state index in [9.17, 15) is 14.4 Å². The van der Waals surface area contributed by atoms with Crippen LogP contribution < -0.4 is 21.7 Å². The second-order valence-corrected chi connectivity index (χ2v) is 7.07. The van der Waals surface area contributed by atoms with Gasteiger partial charge in [0.2, 0.25) is 17.7 Å². The van der Waals surface area contributed by atoms with Gasteiger partial charge in [0.1, 0.15) is 6.04 Å². The van der Waals surface area contributed by atoms with Crippen LogP contribution in [0.4, 0.5) is 0 Å². The van der Waals surface area contributed by atoms with E-state index in [4.69, 9.17) is 5.73 Å². The first-order chi connectivity index (χ1) is 11.1. The standard InChI is InChI=1S/C16H26N4O3/c17-14(21)12(7-9-4-2-6-18-15(9)22)20-16(23)13-11-5-1-3-10(11)8-19-13/h9-13,19H,1-8H2,(H2,17,21)(H,18,22)(H,20,23)/t9-,10-,11-,12-,13-/m0/s1. The van der Waals surface area contributed by atoms with Gasteiger partial charge in [-0.05, 0) is 50.5 Å². The van der Waals surface area contributed by atoms with E-state index in [1.165, 1.54) is 12.8 Å². The number of carbonyl (C=O) groups excluding carboxylic acids is 3. The fourth-order valence-electron chi connectivity index (χ4n) is 4.33. The quantitative estimate of drug-likeness (QED) is 0.534. The number of carbonyl (C=O) groups is 3. The molecule has 7 heteroatoms. The van der Waals surface area contributed by atoms with Crippen molar-refractivity contribution in [3.63, 3.8) is 0 Å². The zero-order valence-electron chi connectivity index (χ0n) is 13.3. The highest BCUT2D eigenvalue weighted by Crippen LogP contribution is 2.37. The maximum Gasteiger partial charge on any atom is 0.240 e. The topological polar surface area (TPSA) is 113 Å². The Morgan fingerprint density at radius 1 is 1.26 bits per heavy atom. The molecule has 7 nitrogen and oxygen atoms in total. The maximum absolute atomic E-state index is 12.5. The van der Waals surface area contributed by atoms with E-state index in [0.717, 1.165) is 25.8 Å². The molecule has 0 spiro atoms. The summed E-state index contributed by atoms with van der Waals surface area (Å²) < 4.78 is 0. The third kappa shape index (κ3) is 3.49. The van der Waals surface area contributed by atoms with E-state index in [1.807, 2.05) is 0 Å². The number of nitrogens with two attached hydrogens (primary N) is 1. The summed E-state index contributed by atoms with van der Waals surface area (Å²) in [6.45, 7) is 1.55. The summed E-state index contributed by atoms with van der Waals surface area (Å²) in [5.41, 5.74) is 5.45. The molecule has 0 aromatic heterocycles.